The first-order chi connectivity index (χ1) is 10.7. The molecule has 0 saturated heterocycles. The Kier molecular flexibility index (Phi) is 2.34. The maximum absolute atomic E-state index is 10.3. The highest BCUT2D eigenvalue weighted by Gasteiger charge is 2.38. The summed E-state index contributed by atoms with van der Waals surface area (Å²) in [6.45, 7) is 1.31. The fraction of sp³-hybridized carbons (Fsp3) is 0.333. The minimum atomic E-state index is 0.278. The predicted octanol–water partition coefficient (Wildman–Crippen LogP) is 2.87. The molecule has 2 aliphatic heterocycles. The fourth-order valence-electron chi connectivity index (χ4n) is 4.11. The monoisotopic (exact) mass is 295 g/mol. The SMILES string of the molecule is CN1CCc2cc3c(c4c2[C@H]1Cc1c(O)cccc1-4)OCO3. The average molecular weight is 295 g/mol. The third-order valence-electron chi connectivity index (χ3n) is 5.21. The number of rotatable bonds is 0. The van der Waals surface area contributed by atoms with Crippen LogP contribution in [0.5, 0.6) is 17.2 Å². The van der Waals surface area contributed by atoms with Crippen molar-refractivity contribution < 1.29 is 14.6 Å². The highest BCUT2D eigenvalue weighted by Crippen LogP contribution is 2.54. The second kappa shape index (κ2) is 4.17. The third kappa shape index (κ3) is 1.45. The Hall–Kier alpha value is -2.20. The molecular weight excluding hydrogens is 278 g/mol. The van der Waals surface area contributed by atoms with Gasteiger partial charge in [0.1, 0.15) is 5.75 Å². The van der Waals surface area contributed by atoms with Gasteiger partial charge in [-0.25, -0.2) is 0 Å². The topological polar surface area (TPSA) is 41.9 Å². The number of nitrogens with zero attached hydrogens (tertiary/aromatic N) is 1. The first-order valence-electron chi connectivity index (χ1n) is 7.71. The van der Waals surface area contributed by atoms with Crippen LogP contribution in [0.15, 0.2) is 24.3 Å². The number of fused-ring (bicyclic) bond motifs is 4. The normalized spacial score (nSPS) is 21.4. The third-order valence-corrected chi connectivity index (χ3v) is 5.21. The Balaban J connectivity index is 1.89. The molecule has 4 nitrogen and oxygen atoms in total. The Bertz CT molecular complexity index is 799. The van der Waals surface area contributed by atoms with Crippen molar-refractivity contribution >= 4 is 0 Å². The number of hydrogen-bond acceptors (Lipinski definition) is 4. The van der Waals surface area contributed by atoms with Crippen LogP contribution in [0.1, 0.15) is 22.7 Å². The van der Waals surface area contributed by atoms with Gasteiger partial charge in [-0.05, 0) is 48.7 Å². The molecule has 2 aromatic rings. The lowest BCUT2D eigenvalue weighted by atomic mass is 9.76. The average Bonchev–Trinajstić information content (AvgIpc) is 2.99. The van der Waals surface area contributed by atoms with E-state index in [0.29, 0.717) is 11.8 Å². The van der Waals surface area contributed by atoms with Gasteiger partial charge in [0.05, 0.1) is 0 Å². The number of phenols is 1. The summed E-state index contributed by atoms with van der Waals surface area (Å²) in [5.74, 6) is 2.05. The van der Waals surface area contributed by atoms with Gasteiger partial charge in [0.2, 0.25) is 6.79 Å². The van der Waals surface area contributed by atoms with E-state index in [1.54, 1.807) is 6.07 Å². The van der Waals surface area contributed by atoms with Crippen molar-refractivity contribution in [2.45, 2.75) is 18.9 Å². The second-order valence-corrected chi connectivity index (χ2v) is 6.31. The van der Waals surface area contributed by atoms with E-state index < -0.39 is 0 Å². The molecule has 0 fully saturated rings. The highest BCUT2D eigenvalue weighted by molar-refractivity contribution is 5.85. The van der Waals surface area contributed by atoms with Crippen molar-refractivity contribution in [3.8, 4) is 28.4 Å². The lowest BCUT2D eigenvalue weighted by molar-refractivity contribution is 0.174. The van der Waals surface area contributed by atoms with Gasteiger partial charge in [-0.15, -0.1) is 0 Å². The molecule has 0 spiro atoms. The zero-order valence-corrected chi connectivity index (χ0v) is 12.4. The van der Waals surface area contributed by atoms with Crippen molar-refractivity contribution in [3.05, 3.63) is 41.0 Å². The number of likely N-dealkylation sites (N-methyl/N-ethyl adjacent to an activating group) is 1. The summed E-state index contributed by atoms with van der Waals surface area (Å²) < 4.78 is 11.4. The number of benzene rings is 2. The van der Waals surface area contributed by atoms with Crippen LogP contribution in [0.4, 0.5) is 0 Å². The van der Waals surface area contributed by atoms with Crippen LogP contribution in [0, 0.1) is 0 Å². The lowest BCUT2D eigenvalue weighted by Gasteiger charge is -2.40. The summed E-state index contributed by atoms with van der Waals surface area (Å²) in [5.41, 5.74) is 5.94. The quantitative estimate of drug-likeness (QED) is 0.811. The summed E-state index contributed by atoms with van der Waals surface area (Å²) in [7, 11) is 2.16. The Labute approximate surface area is 128 Å². The Morgan fingerprint density at radius 2 is 2.18 bits per heavy atom. The van der Waals surface area contributed by atoms with Crippen LogP contribution in [0.2, 0.25) is 0 Å². The summed E-state index contributed by atoms with van der Waals surface area (Å²) in [6.07, 6.45) is 1.87. The van der Waals surface area contributed by atoms with Crippen LogP contribution < -0.4 is 9.47 Å². The Morgan fingerprint density at radius 1 is 1.27 bits per heavy atom. The molecule has 0 saturated carbocycles. The maximum atomic E-state index is 10.3. The molecule has 1 atom stereocenters. The lowest BCUT2D eigenvalue weighted by Crippen LogP contribution is -2.35. The van der Waals surface area contributed by atoms with E-state index in [4.69, 9.17) is 9.47 Å². The molecule has 1 aliphatic carbocycles. The molecule has 0 amide bonds. The second-order valence-electron chi connectivity index (χ2n) is 6.31. The number of ether oxygens (including phenoxy) is 2. The molecule has 22 heavy (non-hydrogen) atoms. The van der Waals surface area contributed by atoms with Gasteiger partial charge in [-0.1, -0.05) is 12.1 Å². The number of hydrogen-bond donors (Lipinski definition) is 1. The van der Waals surface area contributed by atoms with E-state index in [1.807, 2.05) is 6.07 Å². The maximum Gasteiger partial charge on any atom is 0.231 e. The molecule has 0 radical (unpaired) electrons. The minimum Gasteiger partial charge on any atom is -0.508 e. The standard InChI is InChI=1S/C18H17NO3/c1-19-6-5-10-7-15-18(22-9-21-15)17-11-3-2-4-14(20)12(11)8-13(19)16(10)17/h2-4,7,13,20H,5-6,8-9H2,1H3/t13-/m1/s1. The van der Waals surface area contributed by atoms with Gasteiger partial charge < -0.3 is 14.6 Å². The molecule has 2 aromatic carbocycles. The molecular formula is C18H17NO3. The predicted molar refractivity (Wildman–Crippen MR) is 82.4 cm³/mol. The van der Waals surface area contributed by atoms with Crippen LogP contribution in [-0.4, -0.2) is 30.4 Å². The van der Waals surface area contributed by atoms with E-state index in [2.05, 4.69) is 24.1 Å². The van der Waals surface area contributed by atoms with Crippen molar-refractivity contribution in [1.82, 2.24) is 4.90 Å². The minimum absolute atomic E-state index is 0.278. The number of aromatic hydroxyl groups is 1. The van der Waals surface area contributed by atoms with Crippen molar-refractivity contribution in [1.29, 1.82) is 0 Å². The zero-order valence-electron chi connectivity index (χ0n) is 12.4. The van der Waals surface area contributed by atoms with Gasteiger partial charge in [0.25, 0.3) is 0 Å². The van der Waals surface area contributed by atoms with Gasteiger partial charge in [0, 0.05) is 23.7 Å². The molecule has 2 heterocycles. The van der Waals surface area contributed by atoms with E-state index in [0.717, 1.165) is 47.6 Å². The molecule has 0 bridgehead atoms. The van der Waals surface area contributed by atoms with Crippen LogP contribution >= 0.6 is 0 Å². The van der Waals surface area contributed by atoms with Gasteiger partial charge in [-0.2, -0.15) is 0 Å². The summed E-state index contributed by atoms with van der Waals surface area (Å²) in [5, 5.41) is 10.3. The summed E-state index contributed by atoms with van der Waals surface area (Å²) >= 11 is 0. The van der Waals surface area contributed by atoms with E-state index >= 15 is 0 Å². The van der Waals surface area contributed by atoms with Gasteiger partial charge >= 0.3 is 0 Å². The molecule has 3 aliphatic rings. The smallest absolute Gasteiger partial charge is 0.231 e. The molecule has 0 unspecified atom stereocenters. The molecule has 4 heteroatoms. The first-order valence-corrected chi connectivity index (χ1v) is 7.71. The molecule has 0 aromatic heterocycles. The van der Waals surface area contributed by atoms with Gasteiger partial charge in [0.15, 0.2) is 11.5 Å². The largest absolute Gasteiger partial charge is 0.508 e. The van der Waals surface area contributed by atoms with Crippen molar-refractivity contribution in [2.75, 3.05) is 20.4 Å². The molecule has 112 valence electrons. The molecule has 1 N–H and O–H groups in total. The fourth-order valence-corrected chi connectivity index (χ4v) is 4.11. The van der Waals surface area contributed by atoms with E-state index in [9.17, 15) is 5.11 Å². The van der Waals surface area contributed by atoms with Crippen LogP contribution in [-0.2, 0) is 12.8 Å². The van der Waals surface area contributed by atoms with E-state index in [1.165, 1.54) is 11.1 Å². The summed E-state index contributed by atoms with van der Waals surface area (Å²) in [6, 6.07) is 8.21. The van der Waals surface area contributed by atoms with Crippen molar-refractivity contribution in [2.24, 2.45) is 0 Å². The highest BCUT2D eigenvalue weighted by atomic mass is 16.7. The van der Waals surface area contributed by atoms with Gasteiger partial charge in [-0.3, -0.25) is 4.90 Å². The Morgan fingerprint density at radius 3 is 3.09 bits per heavy atom. The van der Waals surface area contributed by atoms with Crippen LogP contribution in [0.3, 0.4) is 0 Å². The summed E-state index contributed by atoms with van der Waals surface area (Å²) in [4.78, 5) is 2.38. The first kappa shape index (κ1) is 12.4. The van der Waals surface area contributed by atoms with Crippen LogP contribution in [0.25, 0.3) is 11.1 Å². The zero-order chi connectivity index (χ0) is 14.8. The number of phenolic OH excluding ortho intramolecular Hbond substituents is 1. The van der Waals surface area contributed by atoms with Crippen molar-refractivity contribution in [3.63, 3.8) is 0 Å². The van der Waals surface area contributed by atoms with E-state index in [-0.39, 0.29) is 6.79 Å². The molecule has 5 rings (SSSR count).